The highest BCUT2D eigenvalue weighted by Gasteiger charge is 2.21. The Labute approximate surface area is 94.5 Å². The Balaban J connectivity index is 2.12. The van der Waals surface area contributed by atoms with Crippen molar-refractivity contribution in [2.75, 3.05) is 39.0 Å². The first-order valence-electron chi connectivity index (χ1n) is 4.90. The standard InChI is InChI=1S/C8H16N2O5S/c1-10(8(11)6-16(12,13)14)3-2-9-4-7-5-15-7/h7,9H,2-6H2,1H3,(H,12,13,14). The molecule has 8 heteroatoms. The normalized spacial score (nSPS) is 19.5. The number of nitrogens with one attached hydrogen (secondary N) is 1. The van der Waals surface area contributed by atoms with Crippen LogP contribution in [0.3, 0.4) is 0 Å². The zero-order valence-electron chi connectivity index (χ0n) is 9.05. The molecule has 0 aromatic carbocycles. The van der Waals surface area contributed by atoms with Gasteiger partial charge in [-0.25, -0.2) is 0 Å². The first-order chi connectivity index (χ1) is 7.38. The predicted molar refractivity (Wildman–Crippen MR) is 56.7 cm³/mol. The molecule has 0 radical (unpaired) electrons. The van der Waals surface area contributed by atoms with Gasteiger partial charge in [0.2, 0.25) is 5.91 Å². The van der Waals surface area contributed by atoms with Crippen LogP contribution in [0.4, 0.5) is 0 Å². The number of nitrogens with zero attached hydrogens (tertiary/aromatic N) is 1. The van der Waals surface area contributed by atoms with E-state index in [1.54, 1.807) is 0 Å². The van der Waals surface area contributed by atoms with Gasteiger partial charge < -0.3 is 15.0 Å². The molecule has 0 aromatic rings. The molecule has 1 amide bonds. The highest BCUT2D eigenvalue weighted by atomic mass is 32.2. The Morgan fingerprint density at radius 2 is 2.25 bits per heavy atom. The number of carbonyl (C=O) groups excluding carboxylic acids is 1. The molecule has 1 aliphatic rings. The Morgan fingerprint density at radius 1 is 1.62 bits per heavy atom. The lowest BCUT2D eigenvalue weighted by Crippen LogP contribution is -2.37. The van der Waals surface area contributed by atoms with Gasteiger partial charge in [-0.05, 0) is 0 Å². The van der Waals surface area contributed by atoms with E-state index in [1.807, 2.05) is 0 Å². The van der Waals surface area contributed by atoms with E-state index in [1.165, 1.54) is 11.9 Å². The van der Waals surface area contributed by atoms with Crippen LogP contribution >= 0.6 is 0 Å². The average molecular weight is 252 g/mol. The van der Waals surface area contributed by atoms with Crippen molar-refractivity contribution < 1.29 is 22.5 Å². The minimum absolute atomic E-state index is 0.277. The van der Waals surface area contributed by atoms with Gasteiger partial charge >= 0.3 is 0 Å². The molecule has 1 fully saturated rings. The summed E-state index contributed by atoms with van der Waals surface area (Å²) in [6.45, 7) is 2.46. The molecule has 94 valence electrons. The van der Waals surface area contributed by atoms with Crippen LogP contribution in [0.1, 0.15) is 0 Å². The third-order valence-corrected chi connectivity index (χ3v) is 2.74. The summed E-state index contributed by atoms with van der Waals surface area (Å²) in [5.41, 5.74) is 0. The van der Waals surface area contributed by atoms with E-state index < -0.39 is 21.8 Å². The Morgan fingerprint density at radius 3 is 2.75 bits per heavy atom. The maximum Gasteiger partial charge on any atom is 0.274 e. The van der Waals surface area contributed by atoms with Gasteiger partial charge in [-0.1, -0.05) is 0 Å². The lowest BCUT2D eigenvalue weighted by molar-refractivity contribution is -0.127. The number of rotatable bonds is 7. The minimum atomic E-state index is -4.23. The second-order valence-electron chi connectivity index (χ2n) is 3.70. The van der Waals surface area contributed by atoms with Crippen LogP contribution in [0.15, 0.2) is 0 Å². The summed E-state index contributed by atoms with van der Waals surface area (Å²) in [5, 5.41) is 3.07. The molecule has 0 aromatic heterocycles. The number of ether oxygens (including phenoxy) is 1. The third kappa shape index (κ3) is 6.01. The van der Waals surface area contributed by atoms with Gasteiger partial charge in [0.05, 0.1) is 12.7 Å². The van der Waals surface area contributed by atoms with Crippen LogP contribution in [0.2, 0.25) is 0 Å². The van der Waals surface area contributed by atoms with Crippen molar-refractivity contribution in [3.05, 3.63) is 0 Å². The molecule has 1 rings (SSSR count). The van der Waals surface area contributed by atoms with Crippen molar-refractivity contribution in [3.63, 3.8) is 0 Å². The molecule has 16 heavy (non-hydrogen) atoms. The number of carbonyl (C=O) groups is 1. The third-order valence-electron chi connectivity index (χ3n) is 2.13. The van der Waals surface area contributed by atoms with Gasteiger partial charge in [-0.15, -0.1) is 0 Å². The van der Waals surface area contributed by atoms with Gasteiger partial charge in [0.25, 0.3) is 10.1 Å². The molecule has 2 N–H and O–H groups in total. The van der Waals surface area contributed by atoms with Crippen LogP contribution in [0, 0.1) is 0 Å². The number of hydrogen-bond donors (Lipinski definition) is 2. The number of epoxide rings is 1. The van der Waals surface area contributed by atoms with Gasteiger partial charge in [-0.2, -0.15) is 8.42 Å². The zero-order valence-corrected chi connectivity index (χ0v) is 9.87. The minimum Gasteiger partial charge on any atom is -0.372 e. The summed E-state index contributed by atoms with van der Waals surface area (Å²) in [5.74, 6) is -1.48. The van der Waals surface area contributed by atoms with Crippen molar-refractivity contribution in [2.24, 2.45) is 0 Å². The highest BCUT2D eigenvalue weighted by Crippen LogP contribution is 2.05. The monoisotopic (exact) mass is 252 g/mol. The fraction of sp³-hybridized carbons (Fsp3) is 0.875. The molecule has 1 atom stereocenters. The molecule has 7 nitrogen and oxygen atoms in total. The van der Waals surface area contributed by atoms with Gasteiger partial charge in [0, 0.05) is 26.7 Å². The lowest BCUT2D eigenvalue weighted by atomic mass is 10.4. The van der Waals surface area contributed by atoms with E-state index in [-0.39, 0.29) is 6.10 Å². The molecular formula is C8H16N2O5S. The number of likely N-dealkylation sites (N-methyl/N-ethyl adjacent to an activating group) is 1. The zero-order chi connectivity index (χ0) is 12.2. The quantitative estimate of drug-likeness (QED) is 0.319. The Kier molecular flexibility index (Phi) is 4.66. The fourth-order valence-corrected chi connectivity index (χ4v) is 1.62. The largest absolute Gasteiger partial charge is 0.372 e. The van der Waals surface area contributed by atoms with Gasteiger partial charge in [-0.3, -0.25) is 9.35 Å². The highest BCUT2D eigenvalue weighted by molar-refractivity contribution is 7.86. The Hall–Kier alpha value is -0.700. The van der Waals surface area contributed by atoms with Crippen LogP contribution in [-0.4, -0.2) is 68.9 Å². The lowest BCUT2D eigenvalue weighted by Gasteiger charge is -2.16. The number of hydrogen-bond acceptors (Lipinski definition) is 5. The molecule has 1 heterocycles. The molecule has 0 aliphatic carbocycles. The molecule has 1 unspecified atom stereocenters. The summed E-state index contributed by atoms with van der Waals surface area (Å²) in [6.07, 6.45) is 0.277. The second-order valence-corrected chi connectivity index (χ2v) is 5.15. The molecule has 1 saturated heterocycles. The molecule has 1 aliphatic heterocycles. The van der Waals surface area contributed by atoms with E-state index >= 15 is 0 Å². The summed E-state index contributed by atoms with van der Waals surface area (Å²) < 4.78 is 34.4. The summed E-state index contributed by atoms with van der Waals surface area (Å²) >= 11 is 0. The van der Waals surface area contributed by atoms with E-state index in [2.05, 4.69) is 5.32 Å². The first kappa shape index (κ1) is 13.4. The van der Waals surface area contributed by atoms with Gasteiger partial charge in [0.1, 0.15) is 0 Å². The van der Waals surface area contributed by atoms with Crippen LogP contribution in [-0.2, 0) is 19.6 Å². The summed E-state index contributed by atoms with van der Waals surface area (Å²) in [4.78, 5) is 12.5. The van der Waals surface area contributed by atoms with Crippen LogP contribution in [0.25, 0.3) is 0 Å². The fourth-order valence-electron chi connectivity index (χ4n) is 1.09. The van der Waals surface area contributed by atoms with Gasteiger partial charge in [0.15, 0.2) is 5.75 Å². The van der Waals surface area contributed by atoms with E-state index in [4.69, 9.17) is 9.29 Å². The van der Waals surface area contributed by atoms with Crippen molar-refractivity contribution in [2.45, 2.75) is 6.10 Å². The number of amides is 1. The van der Waals surface area contributed by atoms with Crippen molar-refractivity contribution in [1.29, 1.82) is 0 Å². The molecule has 0 bridgehead atoms. The van der Waals surface area contributed by atoms with E-state index in [9.17, 15) is 13.2 Å². The van der Waals surface area contributed by atoms with E-state index in [0.717, 1.165) is 13.2 Å². The summed E-state index contributed by atoms with van der Waals surface area (Å²) in [7, 11) is -2.75. The Bertz CT molecular complexity index is 338. The average Bonchev–Trinajstić information content (AvgIpc) is 2.92. The summed E-state index contributed by atoms with van der Waals surface area (Å²) in [6, 6.07) is 0. The topological polar surface area (TPSA) is 99.2 Å². The molecular weight excluding hydrogens is 236 g/mol. The maximum absolute atomic E-state index is 11.2. The SMILES string of the molecule is CN(CCNCC1CO1)C(=O)CS(=O)(=O)O. The van der Waals surface area contributed by atoms with Crippen LogP contribution in [0.5, 0.6) is 0 Å². The van der Waals surface area contributed by atoms with E-state index in [0.29, 0.717) is 13.1 Å². The second kappa shape index (κ2) is 5.58. The predicted octanol–water partition coefficient (Wildman–Crippen LogP) is -1.68. The first-order valence-corrected chi connectivity index (χ1v) is 6.51. The molecule has 0 spiro atoms. The van der Waals surface area contributed by atoms with Crippen LogP contribution < -0.4 is 5.32 Å². The molecule has 0 saturated carbocycles. The maximum atomic E-state index is 11.2. The van der Waals surface area contributed by atoms with Crippen molar-refractivity contribution in [3.8, 4) is 0 Å². The van der Waals surface area contributed by atoms with Crippen molar-refractivity contribution in [1.82, 2.24) is 10.2 Å². The van der Waals surface area contributed by atoms with Crippen molar-refractivity contribution >= 4 is 16.0 Å². The smallest absolute Gasteiger partial charge is 0.274 e.